The zero-order chi connectivity index (χ0) is 18.0. The first-order valence-corrected chi connectivity index (χ1v) is 9.93. The maximum absolute atomic E-state index is 12.9. The van der Waals surface area contributed by atoms with Crippen molar-refractivity contribution in [2.75, 3.05) is 0 Å². The summed E-state index contributed by atoms with van der Waals surface area (Å²) in [6, 6.07) is 18.2. The van der Waals surface area contributed by atoms with Gasteiger partial charge in [0, 0.05) is 23.2 Å². The van der Waals surface area contributed by atoms with E-state index in [2.05, 4.69) is 22.3 Å². The van der Waals surface area contributed by atoms with Crippen LogP contribution in [0.2, 0.25) is 5.02 Å². The Bertz CT molecular complexity index is 749. The van der Waals surface area contributed by atoms with Crippen molar-refractivity contribution in [1.82, 2.24) is 10.2 Å². The first kappa shape index (κ1) is 17.6. The van der Waals surface area contributed by atoms with E-state index in [0.717, 1.165) is 30.0 Å². The van der Waals surface area contributed by atoms with Gasteiger partial charge in [0.1, 0.15) is 0 Å². The largest absolute Gasteiger partial charge is 0.334 e. The third kappa shape index (κ3) is 3.51. The highest BCUT2D eigenvalue weighted by Gasteiger charge is 2.46. The summed E-state index contributed by atoms with van der Waals surface area (Å²) in [6.45, 7) is 0.858. The van der Waals surface area contributed by atoms with E-state index < -0.39 is 0 Å². The number of benzene rings is 2. The third-order valence-electron chi connectivity index (χ3n) is 5.89. The standard InChI is InChI=1S/C22H25ClN2O/c23-19-12-10-17(11-13-19)16-25-20-8-4-14-22(25,15-5-9-20)24-21(26)18-6-2-1-3-7-18/h1-3,6-7,10-13,20H,4-5,8-9,14-16H2,(H,24,26). The van der Waals surface area contributed by atoms with E-state index in [-0.39, 0.29) is 11.6 Å². The first-order chi connectivity index (χ1) is 12.7. The minimum atomic E-state index is -0.228. The van der Waals surface area contributed by atoms with E-state index in [4.69, 9.17) is 11.6 Å². The van der Waals surface area contributed by atoms with Crippen LogP contribution >= 0.6 is 11.6 Å². The maximum Gasteiger partial charge on any atom is 0.252 e. The van der Waals surface area contributed by atoms with Crippen LogP contribution in [0, 0.1) is 0 Å². The Morgan fingerprint density at radius 3 is 2.35 bits per heavy atom. The van der Waals surface area contributed by atoms with E-state index in [1.54, 1.807) is 0 Å². The van der Waals surface area contributed by atoms with Crippen molar-refractivity contribution in [2.45, 2.75) is 56.8 Å². The van der Waals surface area contributed by atoms with Gasteiger partial charge in [-0.25, -0.2) is 0 Å². The molecule has 2 fully saturated rings. The van der Waals surface area contributed by atoms with Gasteiger partial charge >= 0.3 is 0 Å². The fourth-order valence-corrected chi connectivity index (χ4v) is 4.74. The van der Waals surface area contributed by atoms with Crippen LogP contribution in [0.5, 0.6) is 0 Å². The molecule has 0 saturated carbocycles. The second-order valence-corrected chi connectivity index (χ2v) is 7.98. The van der Waals surface area contributed by atoms with Gasteiger partial charge in [0.25, 0.3) is 5.91 Å². The van der Waals surface area contributed by atoms with Gasteiger partial charge in [0.2, 0.25) is 0 Å². The number of hydrogen-bond acceptors (Lipinski definition) is 2. The van der Waals surface area contributed by atoms with Crippen molar-refractivity contribution in [3.8, 4) is 0 Å². The summed E-state index contributed by atoms with van der Waals surface area (Å²) in [5, 5.41) is 4.19. The number of piperidine rings is 2. The topological polar surface area (TPSA) is 32.3 Å². The number of rotatable bonds is 4. The molecule has 0 aromatic heterocycles. The maximum atomic E-state index is 12.9. The lowest BCUT2D eigenvalue weighted by molar-refractivity contribution is -0.0623. The second kappa shape index (κ2) is 7.42. The smallest absolute Gasteiger partial charge is 0.252 e. The lowest BCUT2D eigenvalue weighted by Gasteiger charge is -2.55. The summed E-state index contributed by atoms with van der Waals surface area (Å²) in [7, 11) is 0. The molecule has 0 atom stereocenters. The molecule has 0 radical (unpaired) electrons. The van der Waals surface area contributed by atoms with E-state index in [1.807, 2.05) is 42.5 Å². The van der Waals surface area contributed by atoms with Crippen LogP contribution < -0.4 is 5.32 Å². The molecule has 2 aliphatic heterocycles. The molecule has 0 aliphatic carbocycles. The van der Waals surface area contributed by atoms with Gasteiger partial charge < -0.3 is 5.32 Å². The van der Waals surface area contributed by atoms with Crippen molar-refractivity contribution >= 4 is 17.5 Å². The number of hydrogen-bond donors (Lipinski definition) is 1. The van der Waals surface area contributed by atoms with Gasteiger partial charge in [-0.05, 0) is 68.4 Å². The molecule has 4 rings (SSSR count). The fraction of sp³-hybridized carbons (Fsp3) is 0.409. The average molecular weight is 369 g/mol. The molecular formula is C22H25ClN2O. The van der Waals surface area contributed by atoms with Gasteiger partial charge in [0.15, 0.2) is 0 Å². The number of halogens is 1. The number of amides is 1. The van der Waals surface area contributed by atoms with Crippen LogP contribution in [0.25, 0.3) is 0 Å². The number of carbonyl (C=O) groups excluding carboxylic acids is 1. The van der Waals surface area contributed by atoms with Crippen molar-refractivity contribution in [1.29, 1.82) is 0 Å². The van der Waals surface area contributed by atoms with E-state index in [9.17, 15) is 4.79 Å². The molecule has 0 spiro atoms. The molecule has 2 aromatic carbocycles. The summed E-state index contributed by atoms with van der Waals surface area (Å²) in [4.78, 5) is 15.4. The number of nitrogens with one attached hydrogen (secondary N) is 1. The zero-order valence-corrected chi connectivity index (χ0v) is 15.7. The Morgan fingerprint density at radius 1 is 1.04 bits per heavy atom. The van der Waals surface area contributed by atoms with Gasteiger partial charge in [0.05, 0.1) is 5.66 Å². The number of nitrogens with zero attached hydrogens (tertiary/aromatic N) is 1. The summed E-state index contributed by atoms with van der Waals surface area (Å²) in [5.41, 5.74) is 1.76. The Kier molecular flexibility index (Phi) is 5.01. The molecule has 1 amide bonds. The molecule has 3 nitrogen and oxygen atoms in total. The van der Waals surface area contributed by atoms with Gasteiger partial charge in [-0.1, -0.05) is 41.9 Å². The highest BCUT2D eigenvalue weighted by atomic mass is 35.5. The van der Waals surface area contributed by atoms with E-state index in [0.29, 0.717) is 6.04 Å². The Balaban J connectivity index is 1.59. The van der Waals surface area contributed by atoms with Crippen LogP contribution in [0.15, 0.2) is 54.6 Å². The predicted molar refractivity (Wildman–Crippen MR) is 105 cm³/mol. The Hall–Kier alpha value is -1.84. The third-order valence-corrected chi connectivity index (χ3v) is 6.15. The Morgan fingerprint density at radius 2 is 1.69 bits per heavy atom. The molecule has 2 heterocycles. The minimum absolute atomic E-state index is 0.0363. The molecule has 26 heavy (non-hydrogen) atoms. The molecule has 0 unspecified atom stereocenters. The van der Waals surface area contributed by atoms with Crippen molar-refractivity contribution in [3.63, 3.8) is 0 Å². The first-order valence-electron chi connectivity index (χ1n) is 9.55. The normalized spacial score (nSPS) is 25.7. The summed E-state index contributed by atoms with van der Waals surface area (Å²) >= 11 is 6.04. The minimum Gasteiger partial charge on any atom is -0.334 e. The molecule has 136 valence electrons. The highest BCUT2D eigenvalue weighted by molar-refractivity contribution is 6.30. The number of fused-ring (bicyclic) bond motifs is 2. The lowest BCUT2D eigenvalue weighted by atomic mass is 9.79. The second-order valence-electron chi connectivity index (χ2n) is 7.54. The van der Waals surface area contributed by atoms with Gasteiger partial charge in [-0.15, -0.1) is 0 Å². The Labute approximate surface area is 160 Å². The fourth-order valence-electron chi connectivity index (χ4n) is 4.61. The van der Waals surface area contributed by atoms with Crippen LogP contribution in [0.1, 0.15) is 54.4 Å². The van der Waals surface area contributed by atoms with E-state index >= 15 is 0 Å². The van der Waals surface area contributed by atoms with Crippen LogP contribution in [0.3, 0.4) is 0 Å². The lowest BCUT2D eigenvalue weighted by Crippen LogP contribution is -2.67. The van der Waals surface area contributed by atoms with Crippen molar-refractivity contribution in [2.24, 2.45) is 0 Å². The molecular weight excluding hydrogens is 344 g/mol. The number of carbonyl (C=O) groups is 1. The predicted octanol–water partition coefficient (Wildman–Crippen LogP) is 5.00. The van der Waals surface area contributed by atoms with Crippen molar-refractivity contribution in [3.05, 3.63) is 70.7 Å². The average Bonchev–Trinajstić information content (AvgIpc) is 2.65. The molecule has 2 aliphatic rings. The highest BCUT2D eigenvalue weighted by Crippen LogP contribution is 2.41. The monoisotopic (exact) mass is 368 g/mol. The van der Waals surface area contributed by atoms with E-state index in [1.165, 1.54) is 31.2 Å². The molecule has 2 saturated heterocycles. The van der Waals surface area contributed by atoms with Crippen molar-refractivity contribution < 1.29 is 4.79 Å². The summed E-state index contributed by atoms with van der Waals surface area (Å²) in [5.74, 6) is 0.0363. The molecule has 2 bridgehead atoms. The van der Waals surface area contributed by atoms with Gasteiger partial charge in [-0.2, -0.15) is 0 Å². The summed E-state index contributed by atoms with van der Waals surface area (Å²) in [6.07, 6.45) is 6.84. The molecule has 2 aromatic rings. The quantitative estimate of drug-likeness (QED) is 0.823. The molecule has 4 heteroatoms. The SMILES string of the molecule is O=C(NC12CCCC(CCC1)N2Cc1ccc(Cl)cc1)c1ccccc1. The molecule has 1 N–H and O–H groups in total. The van der Waals surface area contributed by atoms with Crippen LogP contribution in [-0.4, -0.2) is 22.5 Å². The zero-order valence-electron chi connectivity index (χ0n) is 15.0. The summed E-state index contributed by atoms with van der Waals surface area (Å²) < 4.78 is 0. The van der Waals surface area contributed by atoms with Crippen LogP contribution in [0.4, 0.5) is 0 Å². The van der Waals surface area contributed by atoms with Gasteiger partial charge in [-0.3, -0.25) is 9.69 Å². The van der Waals surface area contributed by atoms with Crippen LogP contribution in [-0.2, 0) is 6.54 Å².